The molecule has 0 aliphatic carbocycles. The lowest BCUT2D eigenvalue weighted by Crippen LogP contribution is -2.63. The average Bonchev–Trinajstić information content (AvgIpc) is 2.85. The summed E-state index contributed by atoms with van der Waals surface area (Å²) >= 11 is 0. The van der Waals surface area contributed by atoms with Crippen molar-refractivity contribution < 1.29 is 62.6 Å². The lowest BCUT2D eigenvalue weighted by Gasteiger charge is -2.36. The normalized spacial score (nSPS) is 16.3. The number of hydrogen-bond acceptors (Lipinski definition) is 13. The van der Waals surface area contributed by atoms with Crippen LogP contribution >= 0.6 is 0 Å². The Kier molecular flexibility index (Phi) is 31.4. The number of hydrogen-bond donors (Lipinski definition) is 9. The van der Waals surface area contributed by atoms with Crippen molar-refractivity contribution in [2.24, 2.45) is 35.3 Å². The van der Waals surface area contributed by atoms with E-state index >= 15 is 0 Å². The highest BCUT2D eigenvalue weighted by Gasteiger charge is 2.42. The van der Waals surface area contributed by atoms with Crippen LogP contribution in [-0.4, -0.2) is 197 Å². The molecule has 2 unspecified atom stereocenters. The summed E-state index contributed by atoms with van der Waals surface area (Å²) in [5.41, 5.74) is 6.28. The number of nitrogens with two attached hydrogens (primary N) is 1. The molecule has 25 heteroatoms. The Balaban J connectivity index is 2.25. The molecule has 0 saturated carbocycles. The number of likely N-dealkylation sites (tertiary alicyclic amines) is 1. The highest BCUT2D eigenvalue weighted by molar-refractivity contribution is 6.08. The fourth-order valence-corrected chi connectivity index (χ4v) is 9.87. The van der Waals surface area contributed by atoms with Gasteiger partial charge >= 0.3 is 0 Å². The molecule has 25 nitrogen and oxygen atoms in total. The number of likely N-dealkylation sites (N-methyl/N-ethyl adjacent to an activating group) is 3. The number of aliphatic hydroxyl groups is 1. The van der Waals surface area contributed by atoms with Crippen LogP contribution in [0.25, 0.3) is 0 Å². The van der Waals surface area contributed by atoms with E-state index in [-0.39, 0.29) is 49.3 Å². The van der Waals surface area contributed by atoms with Crippen LogP contribution in [0.2, 0.25) is 0 Å². The van der Waals surface area contributed by atoms with E-state index in [4.69, 9.17) is 5.73 Å². The summed E-state index contributed by atoms with van der Waals surface area (Å²) in [5.74, 6) is -9.84. The number of carbonyl (C=O) groups excluding carboxylic acids is 12. The van der Waals surface area contributed by atoms with Crippen molar-refractivity contribution in [3.63, 3.8) is 0 Å². The van der Waals surface area contributed by atoms with E-state index in [1.807, 2.05) is 27.7 Å². The summed E-state index contributed by atoms with van der Waals surface area (Å²) in [4.78, 5) is 170. The van der Waals surface area contributed by atoms with Crippen LogP contribution in [0, 0.1) is 29.6 Å². The van der Waals surface area contributed by atoms with Crippen LogP contribution in [0.5, 0.6) is 0 Å². The molecule has 10 N–H and O–H groups in total. The van der Waals surface area contributed by atoms with Crippen LogP contribution in [0.15, 0.2) is 30.3 Å². The molecular weight excluding hydrogens is 1110 g/mol. The smallest absolute Gasteiger partial charge is 0.255 e. The van der Waals surface area contributed by atoms with Gasteiger partial charge in [0.1, 0.15) is 48.3 Å². The Hall–Kier alpha value is -7.18. The van der Waals surface area contributed by atoms with Crippen LogP contribution < -0.4 is 43.0 Å². The summed E-state index contributed by atoms with van der Waals surface area (Å²) in [6, 6.07) is -3.01. The molecule has 1 saturated heterocycles. The standard InChI is InChI=1S/C61H102N12O13/c1-17-38(10)48(56(81)63-39(11)59(84)70(14)33-46(75)64-44(30-35(4)5)54(79)68-49(41(13)74)57(82)65-43(52(62)77)32-42-24-20-18-21-25-42)67-55(80)45(31-36(6)7)66-53(78)40(12)71(15)60(85)50(61(86)73-28-22-19-23-29-73)69-58(83)51(37(8)9)72(16)47(76)27-26-34(2)3/h18,20-21,24-25,34-41,43-45,48-51,74H,17,19,22-23,26-33H2,1-16H3,(H2,62,77)(H,63,81)(H,64,75)(H,65,82)(H,66,78)(H,67,80)(H,68,79)(H,69,83)/t38-,39-,40+,41?,43-,44-,45-,48-,49-,50?,51-/m0/s1. The summed E-state index contributed by atoms with van der Waals surface area (Å²) < 4.78 is 0. The van der Waals surface area contributed by atoms with E-state index in [1.54, 1.807) is 71.9 Å². The number of rotatable bonds is 34. The third kappa shape index (κ3) is 23.9. The van der Waals surface area contributed by atoms with Gasteiger partial charge in [-0.1, -0.05) is 106 Å². The second kappa shape index (κ2) is 36.1. The van der Waals surface area contributed by atoms with Crippen molar-refractivity contribution in [2.75, 3.05) is 40.8 Å². The third-order valence-electron chi connectivity index (χ3n) is 15.4. The van der Waals surface area contributed by atoms with Gasteiger partial charge in [0.25, 0.3) is 11.8 Å². The van der Waals surface area contributed by atoms with Crippen molar-refractivity contribution in [1.29, 1.82) is 0 Å². The molecule has 11 atom stereocenters. The number of nitrogens with zero attached hydrogens (tertiary/aromatic N) is 4. The first-order chi connectivity index (χ1) is 40.1. The van der Waals surface area contributed by atoms with E-state index in [1.165, 1.54) is 51.7 Å². The Morgan fingerprint density at radius 3 is 1.60 bits per heavy atom. The van der Waals surface area contributed by atoms with E-state index in [0.717, 1.165) is 16.2 Å². The van der Waals surface area contributed by atoms with Gasteiger partial charge in [-0.2, -0.15) is 0 Å². The maximum absolute atomic E-state index is 14.5. The molecule has 484 valence electrons. The number of piperidine rings is 1. The fraction of sp³-hybridized carbons (Fsp3) is 0.705. The molecule has 2 rings (SSSR count). The molecular formula is C61H102N12O13. The number of benzene rings is 1. The van der Waals surface area contributed by atoms with Gasteiger partial charge in [-0.3, -0.25) is 57.5 Å². The van der Waals surface area contributed by atoms with Gasteiger partial charge in [-0.15, -0.1) is 0 Å². The minimum absolute atomic E-state index is 0.0467. The number of nitrogens with one attached hydrogen (secondary N) is 7. The number of primary amides is 1. The molecule has 1 heterocycles. The first kappa shape index (κ1) is 74.9. The van der Waals surface area contributed by atoms with Gasteiger partial charge in [0, 0.05) is 47.1 Å². The zero-order chi connectivity index (χ0) is 65.4. The SMILES string of the molecule is CC[C@H](C)[C@H](NC(=O)[C@H](CC(C)C)NC(=O)[C@@H](C)N(C)C(=O)C(NC(=O)[C@H](C(C)C)N(C)C(=O)CCC(C)C)C(=O)N1CCCCC1)C(=O)N[C@@H](C)C(=O)N(C)CC(=O)N[C@@H](CC(C)C)C(=O)N[C@H](C(=O)N[C@@H](Cc1ccccc1)C(N)=O)C(C)O. The highest BCUT2D eigenvalue weighted by atomic mass is 16.3. The topological polar surface area (TPSA) is 348 Å². The molecule has 0 aromatic heterocycles. The fourth-order valence-electron chi connectivity index (χ4n) is 9.87. The van der Waals surface area contributed by atoms with Gasteiger partial charge in [-0.25, -0.2) is 0 Å². The summed E-state index contributed by atoms with van der Waals surface area (Å²) in [6.07, 6.45) is 2.22. The minimum Gasteiger partial charge on any atom is -0.391 e. The molecule has 0 spiro atoms. The molecule has 0 radical (unpaired) electrons. The molecule has 1 aliphatic heterocycles. The number of aliphatic hydroxyl groups excluding tert-OH is 1. The van der Waals surface area contributed by atoms with Crippen LogP contribution in [-0.2, 0) is 64.0 Å². The Labute approximate surface area is 508 Å². The summed E-state index contributed by atoms with van der Waals surface area (Å²) in [7, 11) is 4.14. The van der Waals surface area contributed by atoms with E-state index in [2.05, 4.69) is 37.2 Å². The van der Waals surface area contributed by atoms with Crippen molar-refractivity contribution >= 4 is 70.9 Å². The van der Waals surface area contributed by atoms with Crippen molar-refractivity contribution in [2.45, 2.75) is 208 Å². The zero-order valence-electron chi connectivity index (χ0n) is 53.7. The maximum Gasteiger partial charge on any atom is 0.255 e. The van der Waals surface area contributed by atoms with Gasteiger partial charge in [0.05, 0.1) is 12.6 Å². The zero-order valence-corrected chi connectivity index (χ0v) is 53.7. The molecule has 86 heavy (non-hydrogen) atoms. The minimum atomic E-state index is -1.74. The van der Waals surface area contributed by atoms with Crippen LogP contribution in [0.1, 0.15) is 147 Å². The van der Waals surface area contributed by atoms with Gasteiger partial charge in [0.15, 0.2) is 6.04 Å². The van der Waals surface area contributed by atoms with Crippen molar-refractivity contribution in [1.82, 2.24) is 56.8 Å². The monoisotopic (exact) mass is 1210 g/mol. The number of carbonyl (C=O) groups is 12. The lowest BCUT2D eigenvalue weighted by atomic mass is 9.96. The van der Waals surface area contributed by atoms with E-state index in [0.29, 0.717) is 44.3 Å². The van der Waals surface area contributed by atoms with E-state index in [9.17, 15) is 62.6 Å². The molecule has 0 bridgehead atoms. The van der Waals surface area contributed by atoms with E-state index < -0.39 is 144 Å². The molecule has 1 fully saturated rings. The maximum atomic E-state index is 14.5. The lowest BCUT2D eigenvalue weighted by molar-refractivity contribution is -0.151. The molecule has 1 aliphatic rings. The Morgan fingerprint density at radius 1 is 0.581 bits per heavy atom. The predicted molar refractivity (Wildman–Crippen MR) is 324 cm³/mol. The largest absolute Gasteiger partial charge is 0.391 e. The second-order valence-electron chi connectivity index (χ2n) is 24.7. The number of amides is 12. The quantitative estimate of drug-likeness (QED) is 0.0434. The van der Waals surface area contributed by atoms with Gasteiger partial charge in [-0.05, 0) is 94.4 Å². The van der Waals surface area contributed by atoms with Gasteiger partial charge in [0.2, 0.25) is 59.1 Å². The van der Waals surface area contributed by atoms with Crippen molar-refractivity contribution in [3.05, 3.63) is 35.9 Å². The highest BCUT2D eigenvalue weighted by Crippen LogP contribution is 2.18. The van der Waals surface area contributed by atoms with Crippen molar-refractivity contribution in [3.8, 4) is 0 Å². The van der Waals surface area contributed by atoms with Crippen LogP contribution in [0.3, 0.4) is 0 Å². The summed E-state index contributed by atoms with van der Waals surface area (Å²) in [5, 5.41) is 28.9. The Bertz CT molecular complexity index is 2470. The second-order valence-corrected chi connectivity index (χ2v) is 24.7. The third-order valence-corrected chi connectivity index (χ3v) is 15.4. The Morgan fingerprint density at radius 2 is 1.10 bits per heavy atom. The first-order valence-electron chi connectivity index (χ1n) is 30.3. The molecule has 12 amide bonds. The molecule has 1 aromatic rings. The van der Waals surface area contributed by atoms with Gasteiger partial charge < -0.3 is 67.7 Å². The average molecular weight is 1210 g/mol. The predicted octanol–water partition coefficient (Wildman–Crippen LogP) is 0.884. The first-order valence-corrected chi connectivity index (χ1v) is 30.3. The molecule has 1 aromatic carbocycles. The summed E-state index contributed by atoms with van der Waals surface area (Å²) in [6.45, 7) is 22.4. The van der Waals surface area contributed by atoms with Crippen LogP contribution in [0.4, 0.5) is 0 Å².